The van der Waals surface area contributed by atoms with Gasteiger partial charge in [0.15, 0.2) is 0 Å². The molecule has 3 rings (SSSR count). The van der Waals surface area contributed by atoms with Gasteiger partial charge < -0.3 is 15.6 Å². The third kappa shape index (κ3) is 3.15. The quantitative estimate of drug-likeness (QED) is 0.663. The smallest absolute Gasteiger partial charge is 0.147 e. The maximum atomic E-state index is 14.2. The van der Waals surface area contributed by atoms with E-state index in [4.69, 9.17) is 5.73 Å². The highest BCUT2D eigenvalue weighted by atomic mass is 19.1. The molecule has 0 aliphatic rings. The molecule has 3 aromatic rings. The van der Waals surface area contributed by atoms with Crippen molar-refractivity contribution in [2.45, 2.75) is 19.3 Å². The molecule has 0 amide bonds. The van der Waals surface area contributed by atoms with Gasteiger partial charge in [-0.15, -0.1) is 0 Å². The molecule has 0 radical (unpaired) electrons. The molecule has 4 heteroatoms. The minimum absolute atomic E-state index is 0.206. The van der Waals surface area contributed by atoms with Crippen molar-refractivity contribution in [1.82, 2.24) is 4.98 Å². The van der Waals surface area contributed by atoms with Crippen molar-refractivity contribution in [2.75, 3.05) is 25.5 Å². The fourth-order valence-corrected chi connectivity index (χ4v) is 3.13. The van der Waals surface area contributed by atoms with Crippen molar-refractivity contribution in [1.29, 1.82) is 0 Å². The van der Waals surface area contributed by atoms with Crippen molar-refractivity contribution in [3.05, 3.63) is 53.8 Å². The summed E-state index contributed by atoms with van der Waals surface area (Å²) in [6, 6.07) is 13.6. The van der Waals surface area contributed by atoms with Crippen LogP contribution in [0.3, 0.4) is 0 Å². The van der Waals surface area contributed by atoms with Crippen LogP contribution in [-0.4, -0.2) is 25.6 Å². The maximum Gasteiger partial charge on any atom is 0.147 e. The van der Waals surface area contributed by atoms with Crippen molar-refractivity contribution in [3.8, 4) is 11.3 Å². The van der Waals surface area contributed by atoms with E-state index in [-0.39, 0.29) is 5.82 Å². The van der Waals surface area contributed by atoms with E-state index in [1.165, 1.54) is 11.6 Å². The van der Waals surface area contributed by atoms with Gasteiger partial charge in [-0.2, -0.15) is 0 Å². The average molecular weight is 325 g/mol. The van der Waals surface area contributed by atoms with Gasteiger partial charge >= 0.3 is 0 Å². The first-order valence-corrected chi connectivity index (χ1v) is 8.38. The molecule has 126 valence electrons. The van der Waals surface area contributed by atoms with Gasteiger partial charge in [0.2, 0.25) is 0 Å². The number of nitrogens with one attached hydrogen (secondary N) is 1. The molecule has 3 nitrogen and oxygen atoms in total. The van der Waals surface area contributed by atoms with E-state index in [0.717, 1.165) is 41.6 Å². The van der Waals surface area contributed by atoms with E-state index in [9.17, 15) is 4.39 Å². The minimum atomic E-state index is -0.206. The molecule has 1 aromatic heterocycles. The molecular formula is C20H24FN3. The van der Waals surface area contributed by atoms with Crippen LogP contribution in [0.4, 0.5) is 10.1 Å². The standard InChI is InChI=1S/C20H24FN3/c1-24(2)15-8-5-7-14(13-15)19-16(9-3-4-12-22)17-10-6-11-18(21)20(17)23-19/h5-8,10-11,13,23H,3-4,9,12,22H2,1-2H3. The molecule has 0 aliphatic carbocycles. The largest absolute Gasteiger partial charge is 0.378 e. The Morgan fingerprint density at radius 1 is 1.08 bits per heavy atom. The highest BCUT2D eigenvalue weighted by Crippen LogP contribution is 2.34. The number of halogens is 1. The van der Waals surface area contributed by atoms with Gasteiger partial charge in [0.25, 0.3) is 0 Å². The Bertz CT molecular complexity index is 836. The van der Waals surface area contributed by atoms with E-state index in [2.05, 4.69) is 28.1 Å². The lowest BCUT2D eigenvalue weighted by Gasteiger charge is -2.14. The Morgan fingerprint density at radius 3 is 2.62 bits per heavy atom. The summed E-state index contributed by atoms with van der Waals surface area (Å²) < 4.78 is 14.2. The van der Waals surface area contributed by atoms with Crippen molar-refractivity contribution >= 4 is 16.6 Å². The summed E-state index contributed by atoms with van der Waals surface area (Å²) in [4.78, 5) is 5.39. The van der Waals surface area contributed by atoms with E-state index in [0.29, 0.717) is 12.1 Å². The van der Waals surface area contributed by atoms with Crippen LogP contribution in [-0.2, 0) is 6.42 Å². The minimum Gasteiger partial charge on any atom is -0.378 e. The zero-order chi connectivity index (χ0) is 17.1. The van der Waals surface area contributed by atoms with E-state index in [1.807, 2.05) is 26.2 Å². The van der Waals surface area contributed by atoms with Gasteiger partial charge in [-0.05, 0) is 49.6 Å². The highest BCUT2D eigenvalue weighted by Gasteiger charge is 2.15. The molecule has 0 spiro atoms. The molecule has 0 bridgehead atoms. The third-order valence-electron chi connectivity index (χ3n) is 4.42. The maximum absolute atomic E-state index is 14.2. The second kappa shape index (κ2) is 7.05. The number of aromatic nitrogens is 1. The number of H-pyrrole nitrogens is 1. The summed E-state index contributed by atoms with van der Waals surface area (Å²) in [6.07, 6.45) is 2.86. The van der Waals surface area contributed by atoms with Crippen LogP contribution in [0, 0.1) is 5.82 Å². The number of nitrogens with zero attached hydrogens (tertiary/aromatic N) is 1. The number of aryl methyl sites for hydroxylation is 1. The van der Waals surface area contributed by atoms with E-state index >= 15 is 0 Å². The molecule has 0 unspecified atom stereocenters. The topological polar surface area (TPSA) is 45.0 Å². The fourth-order valence-electron chi connectivity index (χ4n) is 3.13. The monoisotopic (exact) mass is 325 g/mol. The lowest BCUT2D eigenvalue weighted by Crippen LogP contribution is -2.08. The van der Waals surface area contributed by atoms with Crippen LogP contribution in [0.1, 0.15) is 18.4 Å². The first-order valence-electron chi connectivity index (χ1n) is 8.38. The number of aromatic amines is 1. The fraction of sp³-hybridized carbons (Fsp3) is 0.300. The predicted octanol–water partition coefficient (Wildman–Crippen LogP) is 4.32. The van der Waals surface area contributed by atoms with Gasteiger partial charge in [-0.1, -0.05) is 24.3 Å². The number of fused-ring (bicyclic) bond motifs is 1. The van der Waals surface area contributed by atoms with Crippen LogP contribution < -0.4 is 10.6 Å². The zero-order valence-corrected chi connectivity index (χ0v) is 14.3. The second-order valence-corrected chi connectivity index (χ2v) is 6.33. The number of unbranched alkanes of at least 4 members (excludes halogenated alkanes) is 1. The molecule has 3 N–H and O–H groups in total. The highest BCUT2D eigenvalue weighted by molar-refractivity contribution is 5.91. The number of anilines is 1. The van der Waals surface area contributed by atoms with Crippen molar-refractivity contribution in [2.24, 2.45) is 5.73 Å². The summed E-state index contributed by atoms with van der Waals surface area (Å²) in [5.41, 5.74) is 10.6. The molecule has 0 atom stereocenters. The number of rotatable bonds is 6. The summed E-state index contributed by atoms with van der Waals surface area (Å²) >= 11 is 0. The first-order chi connectivity index (χ1) is 11.6. The Balaban J connectivity index is 2.13. The number of para-hydroxylation sites is 1. The van der Waals surface area contributed by atoms with E-state index in [1.54, 1.807) is 6.07 Å². The van der Waals surface area contributed by atoms with Gasteiger partial charge in [-0.25, -0.2) is 4.39 Å². The Hall–Kier alpha value is -2.33. The molecule has 1 heterocycles. The lowest BCUT2D eigenvalue weighted by molar-refractivity contribution is 0.637. The molecule has 24 heavy (non-hydrogen) atoms. The molecule has 0 saturated carbocycles. The number of hydrogen-bond donors (Lipinski definition) is 2. The molecule has 0 saturated heterocycles. The van der Waals surface area contributed by atoms with Crippen LogP contribution in [0.25, 0.3) is 22.2 Å². The summed E-state index contributed by atoms with van der Waals surface area (Å²) in [5, 5.41) is 0.970. The van der Waals surface area contributed by atoms with Gasteiger partial charge in [0.1, 0.15) is 5.82 Å². The van der Waals surface area contributed by atoms with Crippen LogP contribution >= 0.6 is 0 Å². The van der Waals surface area contributed by atoms with E-state index < -0.39 is 0 Å². The summed E-state index contributed by atoms with van der Waals surface area (Å²) in [7, 11) is 4.04. The Labute approximate surface area is 142 Å². The summed E-state index contributed by atoms with van der Waals surface area (Å²) in [6.45, 7) is 0.683. The van der Waals surface area contributed by atoms with Crippen LogP contribution in [0.5, 0.6) is 0 Å². The third-order valence-corrected chi connectivity index (χ3v) is 4.42. The molecule has 0 aliphatic heterocycles. The molecule has 0 fully saturated rings. The number of benzene rings is 2. The van der Waals surface area contributed by atoms with Gasteiger partial charge in [-0.3, -0.25) is 0 Å². The first kappa shape index (κ1) is 16.5. The van der Waals surface area contributed by atoms with Crippen molar-refractivity contribution < 1.29 is 4.39 Å². The SMILES string of the molecule is CN(C)c1cccc(-c2[nH]c3c(F)cccc3c2CCCCN)c1. The normalized spacial score (nSPS) is 11.2. The number of nitrogens with two attached hydrogens (primary N) is 1. The molecular weight excluding hydrogens is 301 g/mol. The van der Waals surface area contributed by atoms with Gasteiger partial charge in [0.05, 0.1) is 5.52 Å². The predicted molar refractivity (Wildman–Crippen MR) is 100 cm³/mol. The second-order valence-electron chi connectivity index (χ2n) is 6.33. The Kier molecular flexibility index (Phi) is 4.86. The molecule has 2 aromatic carbocycles. The van der Waals surface area contributed by atoms with Crippen LogP contribution in [0.15, 0.2) is 42.5 Å². The Morgan fingerprint density at radius 2 is 1.88 bits per heavy atom. The lowest BCUT2D eigenvalue weighted by atomic mass is 10.00. The average Bonchev–Trinajstić information content (AvgIpc) is 2.95. The number of hydrogen-bond acceptors (Lipinski definition) is 2. The zero-order valence-electron chi connectivity index (χ0n) is 14.3. The van der Waals surface area contributed by atoms with Crippen molar-refractivity contribution in [3.63, 3.8) is 0 Å². The summed E-state index contributed by atoms with van der Waals surface area (Å²) in [5.74, 6) is -0.206. The van der Waals surface area contributed by atoms with Crippen LogP contribution in [0.2, 0.25) is 0 Å². The van der Waals surface area contributed by atoms with Gasteiger partial charge in [0, 0.05) is 36.4 Å².